The average Bonchev–Trinajstić information content (AvgIpc) is 3.00. The van der Waals surface area contributed by atoms with Crippen molar-refractivity contribution in [2.75, 3.05) is 18.4 Å². The highest BCUT2D eigenvalue weighted by Crippen LogP contribution is 2.33. The molecule has 0 spiro atoms. The summed E-state index contributed by atoms with van der Waals surface area (Å²) in [6.45, 7) is 2.57. The SMILES string of the molecule is C[C@H]1C(=O)N2CCC[C@@H]2CN1C(=O)Nc1ccc(F)c(C(F)(F)F)c1. The lowest BCUT2D eigenvalue weighted by Crippen LogP contribution is -2.60. The first kappa shape index (κ1) is 17.5. The van der Waals surface area contributed by atoms with Crippen LogP contribution in [0, 0.1) is 5.82 Å². The van der Waals surface area contributed by atoms with Crippen molar-refractivity contribution in [2.24, 2.45) is 0 Å². The second-order valence-electron chi connectivity index (χ2n) is 6.28. The van der Waals surface area contributed by atoms with Crippen LogP contribution in [-0.4, -0.2) is 46.9 Å². The molecule has 0 bridgehead atoms. The highest BCUT2D eigenvalue weighted by atomic mass is 19.4. The number of anilines is 1. The molecule has 2 saturated heterocycles. The van der Waals surface area contributed by atoms with Crippen molar-refractivity contribution in [3.63, 3.8) is 0 Å². The molecular formula is C16H17F4N3O2. The highest BCUT2D eigenvalue weighted by molar-refractivity contribution is 5.94. The number of nitrogens with zero attached hydrogens (tertiary/aromatic N) is 2. The van der Waals surface area contributed by atoms with Gasteiger partial charge in [0, 0.05) is 24.8 Å². The van der Waals surface area contributed by atoms with Crippen LogP contribution in [0.3, 0.4) is 0 Å². The molecule has 0 aliphatic carbocycles. The van der Waals surface area contributed by atoms with Crippen molar-refractivity contribution in [2.45, 2.75) is 38.0 Å². The maximum absolute atomic E-state index is 13.3. The van der Waals surface area contributed by atoms with E-state index in [9.17, 15) is 27.2 Å². The van der Waals surface area contributed by atoms with Gasteiger partial charge in [-0.1, -0.05) is 0 Å². The molecule has 9 heteroatoms. The van der Waals surface area contributed by atoms with Gasteiger partial charge in [-0.05, 0) is 38.0 Å². The summed E-state index contributed by atoms with van der Waals surface area (Å²) in [6, 6.07) is 0.825. The van der Waals surface area contributed by atoms with E-state index in [-0.39, 0.29) is 17.6 Å². The second-order valence-corrected chi connectivity index (χ2v) is 6.28. The summed E-state index contributed by atoms with van der Waals surface area (Å²) >= 11 is 0. The van der Waals surface area contributed by atoms with Crippen molar-refractivity contribution in [1.82, 2.24) is 9.80 Å². The van der Waals surface area contributed by atoms with E-state index in [1.165, 1.54) is 4.90 Å². The van der Waals surface area contributed by atoms with Gasteiger partial charge in [0.2, 0.25) is 5.91 Å². The minimum atomic E-state index is -4.86. The number of carbonyl (C=O) groups excluding carboxylic acids is 2. The van der Waals surface area contributed by atoms with Crippen LogP contribution in [0.5, 0.6) is 0 Å². The molecule has 0 saturated carbocycles. The first-order chi connectivity index (χ1) is 11.7. The summed E-state index contributed by atoms with van der Waals surface area (Å²) in [5.41, 5.74) is -1.62. The molecule has 2 atom stereocenters. The van der Waals surface area contributed by atoms with E-state index >= 15 is 0 Å². The molecule has 1 N–H and O–H groups in total. The van der Waals surface area contributed by atoms with Gasteiger partial charge in [0.05, 0.1) is 5.56 Å². The maximum atomic E-state index is 13.3. The van der Waals surface area contributed by atoms with Crippen molar-refractivity contribution in [3.8, 4) is 0 Å². The number of hydrogen-bond donors (Lipinski definition) is 1. The van der Waals surface area contributed by atoms with Crippen LogP contribution < -0.4 is 5.32 Å². The Morgan fingerprint density at radius 1 is 1.32 bits per heavy atom. The smallest absolute Gasteiger partial charge is 0.336 e. The van der Waals surface area contributed by atoms with Crippen LogP contribution in [0.2, 0.25) is 0 Å². The fourth-order valence-electron chi connectivity index (χ4n) is 3.35. The number of halogens is 4. The van der Waals surface area contributed by atoms with Crippen molar-refractivity contribution in [1.29, 1.82) is 0 Å². The number of fused-ring (bicyclic) bond motifs is 1. The Labute approximate surface area is 141 Å². The van der Waals surface area contributed by atoms with Crippen LogP contribution in [0.4, 0.5) is 28.0 Å². The van der Waals surface area contributed by atoms with Gasteiger partial charge >= 0.3 is 12.2 Å². The van der Waals surface area contributed by atoms with Crippen LogP contribution in [0.1, 0.15) is 25.3 Å². The summed E-state index contributed by atoms with van der Waals surface area (Å²) in [7, 11) is 0. The zero-order valence-electron chi connectivity index (χ0n) is 13.4. The second kappa shape index (κ2) is 6.20. The molecule has 1 aromatic carbocycles. The molecule has 2 aliphatic heterocycles. The topological polar surface area (TPSA) is 52.7 Å². The standard InChI is InChI=1S/C16H17F4N3O2/c1-9-14(24)22-6-2-3-11(22)8-23(9)15(25)21-10-4-5-13(17)12(7-10)16(18,19)20/h4-5,7,9,11H,2-3,6,8H2,1H3,(H,21,25)/t9-,11+/m0/s1. The van der Waals surface area contributed by atoms with E-state index in [2.05, 4.69) is 5.32 Å². The number of carbonyl (C=O) groups is 2. The quantitative estimate of drug-likeness (QED) is 0.784. The fraction of sp³-hybridized carbons (Fsp3) is 0.500. The molecule has 2 aliphatic rings. The zero-order valence-corrected chi connectivity index (χ0v) is 13.4. The molecule has 3 rings (SSSR count). The largest absolute Gasteiger partial charge is 0.419 e. The van der Waals surface area contributed by atoms with Crippen LogP contribution >= 0.6 is 0 Å². The van der Waals surface area contributed by atoms with E-state index in [1.807, 2.05) is 0 Å². The van der Waals surface area contributed by atoms with Gasteiger partial charge in [0.1, 0.15) is 11.9 Å². The Balaban J connectivity index is 1.77. The lowest BCUT2D eigenvalue weighted by molar-refractivity contribution is -0.141. The minimum Gasteiger partial charge on any atom is -0.336 e. The summed E-state index contributed by atoms with van der Waals surface area (Å²) in [6.07, 6.45) is -3.20. The number of alkyl halides is 3. The molecule has 0 unspecified atom stereocenters. The van der Waals surface area contributed by atoms with Gasteiger partial charge in [0.15, 0.2) is 0 Å². The van der Waals surface area contributed by atoms with E-state index < -0.39 is 29.6 Å². The van der Waals surface area contributed by atoms with Gasteiger partial charge in [-0.3, -0.25) is 4.79 Å². The maximum Gasteiger partial charge on any atom is 0.419 e. The fourth-order valence-corrected chi connectivity index (χ4v) is 3.35. The molecule has 25 heavy (non-hydrogen) atoms. The number of nitrogens with one attached hydrogen (secondary N) is 1. The number of piperazine rings is 1. The van der Waals surface area contributed by atoms with Crippen molar-refractivity contribution < 1.29 is 27.2 Å². The summed E-state index contributed by atoms with van der Waals surface area (Å²) in [5, 5.41) is 2.33. The first-order valence-corrected chi connectivity index (χ1v) is 7.93. The summed E-state index contributed by atoms with van der Waals surface area (Å²) in [4.78, 5) is 27.8. The van der Waals surface area contributed by atoms with Crippen molar-refractivity contribution >= 4 is 17.6 Å². The van der Waals surface area contributed by atoms with Gasteiger partial charge < -0.3 is 15.1 Å². The van der Waals surface area contributed by atoms with E-state index in [4.69, 9.17) is 0 Å². The normalized spacial score (nSPS) is 23.6. The predicted octanol–water partition coefficient (Wildman–Crippen LogP) is 3.07. The molecule has 3 amide bonds. The first-order valence-electron chi connectivity index (χ1n) is 7.93. The average molecular weight is 359 g/mol. The third-order valence-corrected chi connectivity index (χ3v) is 4.68. The zero-order chi connectivity index (χ0) is 18.4. The number of rotatable bonds is 1. The predicted molar refractivity (Wildman–Crippen MR) is 81.3 cm³/mol. The third kappa shape index (κ3) is 3.27. The Morgan fingerprint density at radius 3 is 2.72 bits per heavy atom. The van der Waals surface area contributed by atoms with E-state index in [0.717, 1.165) is 18.9 Å². The molecule has 2 fully saturated rings. The summed E-state index contributed by atoms with van der Waals surface area (Å²) in [5.74, 6) is -1.58. The molecule has 2 heterocycles. The van der Waals surface area contributed by atoms with Crippen LogP contribution in [0.25, 0.3) is 0 Å². The monoisotopic (exact) mass is 359 g/mol. The highest BCUT2D eigenvalue weighted by Gasteiger charge is 2.42. The number of hydrogen-bond acceptors (Lipinski definition) is 2. The van der Waals surface area contributed by atoms with Gasteiger partial charge in [-0.2, -0.15) is 13.2 Å². The van der Waals surface area contributed by atoms with Gasteiger partial charge in [-0.15, -0.1) is 0 Å². The third-order valence-electron chi connectivity index (χ3n) is 4.68. The van der Waals surface area contributed by atoms with Crippen LogP contribution in [-0.2, 0) is 11.0 Å². The molecule has 0 aromatic heterocycles. The molecule has 1 aromatic rings. The van der Waals surface area contributed by atoms with Gasteiger partial charge in [-0.25, -0.2) is 9.18 Å². The number of benzene rings is 1. The van der Waals surface area contributed by atoms with Gasteiger partial charge in [0.25, 0.3) is 0 Å². The lowest BCUT2D eigenvalue weighted by atomic mass is 10.1. The molecule has 5 nitrogen and oxygen atoms in total. The summed E-state index contributed by atoms with van der Waals surface area (Å²) < 4.78 is 51.6. The Bertz CT molecular complexity index is 707. The molecular weight excluding hydrogens is 342 g/mol. The Kier molecular flexibility index (Phi) is 4.34. The van der Waals surface area contributed by atoms with E-state index in [1.54, 1.807) is 11.8 Å². The number of amides is 3. The lowest BCUT2D eigenvalue weighted by Gasteiger charge is -2.41. The Morgan fingerprint density at radius 2 is 2.04 bits per heavy atom. The molecule has 0 radical (unpaired) electrons. The van der Waals surface area contributed by atoms with E-state index in [0.29, 0.717) is 25.2 Å². The minimum absolute atomic E-state index is 0.0617. The van der Waals surface area contributed by atoms with Crippen LogP contribution in [0.15, 0.2) is 18.2 Å². The molecule has 136 valence electrons. The van der Waals surface area contributed by atoms with Crippen molar-refractivity contribution in [3.05, 3.63) is 29.6 Å². The Hall–Kier alpha value is -2.32. The number of urea groups is 1.